The number of esters is 1. The van der Waals surface area contributed by atoms with Gasteiger partial charge < -0.3 is 4.74 Å². The second kappa shape index (κ2) is 4.91. The van der Waals surface area contributed by atoms with E-state index in [1.165, 1.54) is 0 Å². The van der Waals surface area contributed by atoms with Crippen LogP contribution in [-0.4, -0.2) is 11.0 Å². The van der Waals surface area contributed by atoms with Crippen LogP contribution in [0.25, 0.3) is 0 Å². The van der Waals surface area contributed by atoms with Gasteiger partial charge in [0.2, 0.25) is 0 Å². The van der Waals surface area contributed by atoms with Crippen LogP contribution in [0.15, 0.2) is 12.3 Å². The van der Waals surface area contributed by atoms with E-state index in [4.69, 9.17) is 4.74 Å². The molecule has 0 fully saturated rings. The summed E-state index contributed by atoms with van der Waals surface area (Å²) >= 11 is 0. The van der Waals surface area contributed by atoms with Crippen LogP contribution in [0.5, 0.6) is 5.75 Å². The molecule has 1 aliphatic heterocycles. The van der Waals surface area contributed by atoms with Gasteiger partial charge in [-0.05, 0) is 12.0 Å². The van der Waals surface area contributed by atoms with E-state index < -0.39 is 0 Å². The number of carbonyl (C=O) groups excluding carboxylic acids is 1. The van der Waals surface area contributed by atoms with Crippen LogP contribution in [0.3, 0.4) is 0 Å². The largest absolute Gasteiger partial charge is 0.424 e. The van der Waals surface area contributed by atoms with Crippen molar-refractivity contribution in [2.45, 2.75) is 40.0 Å². The van der Waals surface area contributed by atoms with Crippen molar-refractivity contribution < 1.29 is 9.53 Å². The van der Waals surface area contributed by atoms with E-state index >= 15 is 0 Å². The first kappa shape index (κ1) is 11.7. The van der Waals surface area contributed by atoms with Crippen LogP contribution >= 0.6 is 0 Å². The Morgan fingerprint density at radius 2 is 2.07 bits per heavy atom. The van der Waals surface area contributed by atoms with Gasteiger partial charge in [-0.15, -0.1) is 0 Å². The summed E-state index contributed by atoms with van der Waals surface area (Å²) in [6.45, 7) is 8.14. The number of carbonyl (C=O) groups is 1. The van der Waals surface area contributed by atoms with Crippen molar-refractivity contribution in [3.63, 3.8) is 0 Å². The third-order valence-electron chi connectivity index (χ3n) is 2.16. The number of pyridine rings is 1. The molecule has 3 heteroatoms. The van der Waals surface area contributed by atoms with Gasteiger partial charge in [-0.2, -0.15) is 0 Å². The highest BCUT2D eigenvalue weighted by Crippen LogP contribution is 2.32. The van der Waals surface area contributed by atoms with Crippen molar-refractivity contribution in [3.8, 4) is 5.75 Å². The third kappa shape index (κ3) is 2.35. The standard InChI is InChI=1S/C10H11NO2.C2H6/c1-6(2)7-3-4-11-8-5-9(12)13-10(7)8;1-2/h3-4,6H,5H2,1-2H3;1-2H3. The summed E-state index contributed by atoms with van der Waals surface area (Å²) in [5.74, 6) is 0.848. The fraction of sp³-hybridized carbons (Fsp3) is 0.500. The number of fused-ring (bicyclic) bond motifs is 1. The van der Waals surface area contributed by atoms with Crippen molar-refractivity contribution >= 4 is 5.97 Å². The molecule has 0 bridgehead atoms. The van der Waals surface area contributed by atoms with E-state index in [0.717, 1.165) is 11.3 Å². The van der Waals surface area contributed by atoms with Gasteiger partial charge >= 0.3 is 5.97 Å². The molecule has 2 heterocycles. The molecule has 0 aromatic carbocycles. The first-order valence-electron chi connectivity index (χ1n) is 5.37. The smallest absolute Gasteiger partial charge is 0.317 e. The maximum absolute atomic E-state index is 11.0. The van der Waals surface area contributed by atoms with E-state index in [-0.39, 0.29) is 5.97 Å². The minimum atomic E-state index is -0.199. The molecule has 1 aromatic rings. The van der Waals surface area contributed by atoms with E-state index in [2.05, 4.69) is 18.8 Å². The molecule has 1 aliphatic rings. The summed E-state index contributed by atoms with van der Waals surface area (Å²) in [6.07, 6.45) is 2.05. The van der Waals surface area contributed by atoms with Crippen LogP contribution in [0.1, 0.15) is 44.9 Å². The minimum absolute atomic E-state index is 0.199. The molecule has 0 aliphatic carbocycles. The Balaban J connectivity index is 0.000000531. The van der Waals surface area contributed by atoms with Gasteiger partial charge in [0.05, 0.1) is 12.1 Å². The van der Waals surface area contributed by atoms with E-state index in [9.17, 15) is 4.79 Å². The summed E-state index contributed by atoms with van der Waals surface area (Å²) < 4.78 is 5.10. The molecule has 0 saturated carbocycles. The Morgan fingerprint density at radius 3 is 2.67 bits per heavy atom. The molecule has 0 radical (unpaired) electrons. The molecule has 1 aromatic heterocycles. The maximum Gasteiger partial charge on any atom is 0.317 e. The van der Waals surface area contributed by atoms with Gasteiger partial charge in [-0.1, -0.05) is 27.7 Å². The summed E-state index contributed by atoms with van der Waals surface area (Å²) in [5, 5.41) is 0. The lowest BCUT2D eigenvalue weighted by atomic mass is 10.0. The van der Waals surface area contributed by atoms with Crippen LogP contribution in [0, 0.1) is 0 Å². The van der Waals surface area contributed by atoms with Crippen LogP contribution < -0.4 is 4.74 Å². The van der Waals surface area contributed by atoms with E-state index in [1.54, 1.807) is 6.20 Å². The Kier molecular flexibility index (Phi) is 3.83. The first-order chi connectivity index (χ1) is 7.18. The molecule has 0 amide bonds. The predicted octanol–water partition coefficient (Wildman–Crippen LogP) is 2.69. The van der Waals surface area contributed by atoms with Crippen LogP contribution in [0.2, 0.25) is 0 Å². The highest BCUT2D eigenvalue weighted by atomic mass is 16.5. The maximum atomic E-state index is 11.0. The van der Waals surface area contributed by atoms with Crippen molar-refractivity contribution in [3.05, 3.63) is 23.5 Å². The molecule has 15 heavy (non-hydrogen) atoms. The molecule has 0 saturated heterocycles. The molecule has 0 atom stereocenters. The second-order valence-electron chi connectivity index (χ2n) is 3.48. The fourth-order valence-electron chi connectivity index (χ4n) is 1.49. The predicted molar refractivity (Wildman–Crippen MR) is 59.0 cm³/mol. The lowest BCUT2D eigenvalue weighted by molar-refractivity contribution is -0.131. The number of rotatable bonds is 1. The molecular formula is C12H17NO2. The highest BCUT2D eigenvalue weighted by molar-refractivity contribution is 5.80. The summed E-state index contributed by atoms with van der Waals surface area (Å²) in [4.78, 5) is 15.1. The second-order valence-corrected chi connectivity index (χ2v) is 3.48. The summed E-state index contributed by atoms with van der Waals surface area (Å²) in [7, 11) is 0. The number of hydrogen-bond acceptors (Lipinski definition) is 3. The summed E-state index contributed by atoms with van der Waals surface area (Å²) in [5.41, 5.74) is 1.84. The lowest BCUT2D eigenvalue weighted by Gasteiger charge is -2.08. The number of aromatic nitrogens is 1. The Morgan fingerprint density at radius 1 is 1.40 bits per heavy atom. The molecule has 3 nitrogen and oxygen atoms in total. The van der Waals surface area contributed by atoms with Gasteiger partial charge in [-0.25, -0.2) is 0 Å². The fourth-order valence-corrected chi connectivity index (χ4v) is 1.49. The van der Waals surface area contributed by atoms with Gasteiger partial charge in [-0.3, -0.25) is 9.78 Å². The van der Waals surface area contributed by atoms with Crippen molar-refractivity contribution in [2.75, 3.05) is 0 Å². The van der Waals surface area contributed by atoms with Crippen LogP contribution in [-0.2, 0) is 11.2 Å². The van der Waals surface area contributed by atoms with Gasteiger partial charge in [0.25, 0.3) is 0 Å². The molecule has 0 unspecified atom stereocenters. The van der Waals surface area contributed by atoms with Crippen molar-refractivity contribution in [1.29, 1.82) is 0 Å². The SMILES string of the molecule is CC.CC(C)c1ccnc2c1OC(=O)C2. The number of nitrogens with zero attached hydrogens (tertiary/aromatic N) is 1. The topological polar surface area (TPSA) is 39.2 Å². The number of hydrogen-bond donors (Lipinski definition) is 0. The van der Waals surface area contributed by atoms with Crippen LogP contribution in [0.4, 0.5) is 0 Å². The van der Waals surface area contributed by atoms with E-state index in [1.807, 2.05) is 19.9 Å². The van der Waals surface area contributed by atoms with E-state index in [0.29, 0.717) is 18.1 Å². The molecular weight excluding hydrogens is 190 g/mol. The monoisotopic (exact) mass is 207 g/mol. The quantitative estimate of drug-likeness (QED) is 0.665. The van der Waals surface area contributed by atoms with Crippen molar-refractivity contribution in [1.82, 2.24) is 4.98 Å². The average Bonchev–Trinajstić information content (AvgIpc) is 2.60. The minimum Gasteiger partial charge on any atom is -0.424 e. The normalized spacial score (nSPS) is 13.0. The zero-order chi connectivity index (χ0) is 11.4. The third-order valence-corrected chi connectivity index (χ3v) is 2.16. The van der Waals surface area contributed by atoms with Gasteiger partial charge in [0, 0.05) is 11.8 Å². The molecule has 2 rings (SSSR count). The highest BCUT2D eigenvalue weighted by Gasteiger charge is 2.25. The first-order valence-corrected chi connectivity index (χ1v) is 5.37. The lowest BCUT2D eigenvalue weighted by Crippen LogP contribution is -2.01. The molecule has 0 spiro atoms. The van der Waals surface area contributed by atoms with Gasteiger partial charge in [0.1, 0.15) is 0 Å². The zero-order valence-corrected chi connectivity index (χ0v) is 9.70. The summed E-state index contributed by atoms with van der Waals surface area (Å²) in [6, 6.07) is 1.90. The Hall–Kier alpha value is -1.38. The zero-order valence-electron chi connectivity index (χ0n) is 9.70. The Labute approximate surface area is 90.5 Å². The molecule has 0 N–H and O–H groups in total. The van der Waals surface area contributed by atoms with Gasteiger partial charge in [0.15, 0.2) is 5.75 Å². The average molecular weight is 207 g/mol. The molecule has 82 valence electrons. The van der Waals surface area contributed by atoms with Crippen molar-refractivity contribution in [2.24, 2.45) is 0 Å². The Bertz CT molecular complexity index is 359. The number of ether oxygens (including phenoxy) is 1.